The Morgan fingerprint density at radius 3 is 2.67 bits per heavy atom. The zero-order valence-corrected chi connectivity index (χ0v) is 5.04. The van der Waals surface area contributed by atoms with E-state index < -0.39 is 5.97 Å². The van der Waals surface area contributed by atoms with Crippen molar-refractivity contribution in [1.29, 1.82) is 0 Å². The maximum absolute atomic E-state index is 10.3. The number of aliphatic carboxylic acids is 1. The van der Waals surface area contributed by atoms with Crippen LogP contribution >= 0.6 is 0 Å². The highest BCUT2D eigenvalue weighted by Crippen LogP contribution is 2.41. The monoisotopic (exact) mass is 127 g/mol. The molecule has 1 saturated heterocycles. The van der Waals surface area contributed by atoms with Crippen molar-refractivity contribution in [2.24, 2.45) is 11.8 Å². The Kier molecular flexibility index (Phi) is 0.858. The first-order chi connectivity index (χ1) is 4.29. The number of piperidine rings is 1. The maximum Gasteiger partial charge on any atom is 0.129 e. The van der Waals surface area contributed by atoms with Gasteiger partial charge in [0.25, 0.3) is 0 Å². The molecule has 1 aliphatic heterocycles. The number of hydrogen-bond acceptors (Lipinski definition) is 2. The first-order valence-electron chi connectivity index (χ1n) is 3.33. The highest BCUT2D eigenvalue weighted by molar-refractivity contribution is 5.70. The normalized spacial score (nSPS) is 46.4. The van der Waals surface area contributed by atoms with Crippen molar-refractivity contribution in [2.75, 3.05) is 6.54 Å². The molecule has 0 aromatic carbocycles. The van der Waals surface area contributed by atoms with Crippen LogP contribution in [0.15, 0.2) is 0 Å². The van der Waals surface area contributed by atoms with Crippen LogP contribution in [0.3, 0.4) is 0 Å². The van der Waals surface area contributed by atoms with Crippen LogP contribution in [0.4, 0.5) is 0 Å². The van der Waals surface area contributed by atoms with Crippen LogP contribution in [0.2, 0.25) is 0 Å². The largest absolute Gasteiger partial charge is 0.544 e. The zero-order valence-electron chi connectivity index (χ0n) is 5.04. The second-order valence-electron chi connectivity index (χ2n) is 2.98. The number of carboxylic acids is 1. The van der Waals surface area contributed by atoms with Gasteiger partial charge in [-0.3, -0.25) is 0 Å². The third-order valence-corrected chi connectivity index (χ3v) is 2.40. The third-order valence-electron chi connectivity index (χ3n) is 2.40. The molecule has 2 fully saturated rings. The molecule has 9 heavy (non-hydrogen) atoms. The minimum absolute atomic E-state index is 0.213. The fourth-order valence-corrected chi connectivity index (χ4v) is 1.75. The van der Waals surface area contributed by atoms with E-state index in [1.807, 2.05) is 5.32 Å². The lowest BCUT2D eigenvalue weighted by molar-refractivity contribution is -0.672. The number of hydrogen-bond donors (Lipinski definition) is 1. The number of quaternary nitrogens is 1. The maximum atomic E-state index is 10.3. The molecular weight excluding hydrogens is 118 g/mol. The van der Waals surface area contributed by atoms with Gasteiger partial charge in [0, 0.05) is 11.8 Å². The molecule has 0 amide bonds. The smallest absolute Gasteiger partial charge is 0.129 e. The van der Waals surface area contributed by atoms with E-state index in [9.17, 15) is 9.90 Å². The van der Waals surface area contributed by atoms with Crippen molar-refractivity contribution in [1.82, 2.24) is 0 Å². The summed E-state index contributed by atoms with van der Waals surface area (Å²) < 4.78 is 0. The summed E-state index contributed by atoms with van der Waals surface area (Å²) in [5.41, 5.74) is 0. The van der Waals surface area contributed by atoms with E-state index in [1.54, 1.807) is 0 Å². The molecule has 0 bridgehead atoms. The van der Waals surface area contributed by atoms with Crippen LogP contribution in [0.1, 0.15) is 6.42 Å². The van der Waals surface area contributed by atoms with Gasteiger partial charge in [0.15, 0.2) is 0 Å². The van der Waals surface area contributed by atoms with Crippen LogP contribution in [0.25, 0.3) is 0 Å². The molecule has 0 spiro atoms. The van der Waals surface area contributed by atoms with E-state index >= 15 is 0 Å². The van der Waals surface area contributed by atoms with Crippen molar-refractivity contribution in [3.63, 3.8) is 0 Å². The number of nitrogens with two attached hydrogens (primary N) is 1. The molecule has 2 N–H and O–H groups in total. The van der Waals surface area contributed by atoms with E-state index in [0.717, 1.165) is 13.0 Å². The Labute approximate surface area is 53.1 Å². The molecule has 0 radical (unpaired) electrons. The number of fused-ring (bicyclic) bond motifs is 1. The third kappa shape index (κ3) is 0.645. The molecule has 1 saturated carbocycles. The topological polar surface area (TPSA) is 56.7 Å². The number of carboxylic acid groups (broad SMARTS) is 1. The van der Waals surface area contributed by atoms with Crippen LogP contribution in [-0.4, -0.2) is 18.6 Å². The standard InChI is InChI=1S/C6H9NO2/c8-6(9)5-4-1-3(4)2-7-5/h3-5,7H,1-2H2,(H,8,9)/t3-,4-,5-/m1/s1. The Balaban J connectivity index is 2.06. The highest BCUT2D eigenvalue weighted by Gasteiger charge is 2.52. The Bertz CT molecular complexity index is 157. The van der Waals surface area contributed by atoms with Gasteiger partial charge < -0.3 is 15.2 Å². The number of carbonyl (C=O) groups excluding carboxylic acids is 1. The Hall–Kier alpha value is -0.570. The van der Waals surface area contributed by atoms with Gasteiger partial charge in [0.1, 0.15) is 6.04 Å². The first-order valence-corrected chi connectivity index (χ1v) is 3.33. The summed E-state index contributed by atoms with van der Waals surface area (Å²) >= 11 is 0. The first kappa shape index (κ1) is 5.23. The number of carbonyl (C=O) groups is 1. The highest BCUT2D eigenvalue weighted by atomic mass is 16.4. The van der Waals surface area contributed by atoms with E-state index in [2.05, 4.69) is 0 Å². The van der Waals surface area contributed by atoms with Gasteiger partial charge >= 0.3 is 0 Å². The SMILES string of the molecule is O=C([O-])[C@@H]1[NH2+]C[C@H]2C[C@H]21. The summed E-state index contributed by atoms with van der Waals surface area (Å²) in [5.74, 6) is 0.280. The lowest BCUT2D eigenvalue weighted by Gasteiger charge is -2.09. The number of rotatable bonds is 1. The fourth-order valence-electron chi connectivity index (χ4n) is 1.75. The van der Waals surface area contributed by atoms with Crippen LogP contribution in [0.5, 0.6) is 0 Å². The summed E-state index contributed by atoms with van der Waals surface area (Å²) in [7, 11) is 0. The van der Waals surface area contributed by atoms with Crippen molar-refractivity contribution < 1.29 is 15.2 Å². The molecule has 0 aromatic heterocycles. The predicted molar refractivity (Wildman–Crippen MR) is 27.2 cm³/mol. The lowest BCUT2D eigenvalue weighted by atomic mass is 10.2. The molecule has 3 nitrogen and oxygen atoms in total. The van der Waals surface area contributed by atoms with E-state index in [0.29, 0.717) is 11.8 Å². The summed E-state index contributed by atoms with van der Waals surface area (Å²) in [6.07, 6.45) is 1.12. The molecule has 2 aliphatic rings. The lowest BCUT2D eigenvalue weighted by Crippen LogP contribution is -2.91. The molecule has 1 heterocycles. The van der Waals surface area contributed by atoms with Crippen molar-refractivity contribution in [3.8, 4) is 0 Å². The summed E-state index contributed by atoms with van der Waals surface area (Å²) in [6.45, 7) is 1.00. The van der Waals surface area contributed by atoms with E-state index in [-0.39, 0.29) is 6.04 Å². The molecule has 3 atom stereocenters. The molecule has 2 rings (SSSR count). The summed E-state index contributed by atoms with van der Waals surface area (Å²) in [5, 5.41) is 12.2. The molecule has 3 heteroatoms. The van der Waals surface area contributed by atoms with Crippen LogP contribution < -0.4 is 10.4 Å². The quantitative estimate of drug-likeness (QED) is 0.417. The average Bonchev–Trinajstić information content (AvgIpc) is 2.43. The predicted octanol–water partition coefficient (Wildman–Crippen LogP) is -2.68. The van der Waals surface area contributed by atoms with E-state index in [1.165, 1.54) is 0 Å². The Morgan fingerprint density at radius 1 is 1.67 bits per heavy atom. The zero-order chi connectivity index (χ0) is 6.43. The second-order valence-corrected chi connectivity index (χ2v) is 2.98. The average molecular weight is 127 g/mol. The van der Waals surface area contributed by atoms with Gasteiger partial charge in [0.05, 0.1) is 12.5 Å². The van der Waals surface area contributed by atoms with Gasteiger partial charge in [-0.25, -0.2) is 0 Å². The summed E-state index contributed by atoms with van der Waals surface area (Å²) in [6, 6.07) is -0.213. The molecular formula is C6H9NO2. The van der Waals surface area contributed by atoms with Crippen LogP contribution in [0, 0.1) is 11.8 Å². The molecule has 0 unspecified atom stereocenters. The Morgan fingerprint density at radius 2 is 2.44 bits per heavy atom. The summed E-state index contributed by atoms with van der Waals surface area (Å²) in [4.78, 5) is 10.3. The second kappa shape index (κ2) is 1.48. The van der Waals surface area contributed by atoms with Crippen molar-refractivity contribution >= 4 is 5.97 Å². The molecule has 0 aromatic rings. The van der Waals surface area contributed by atoms with Crippen LogP contribution in [-0.2, 0) is 4.79 Å². The van der Waals surface area contributed by atoms with Gasteiger partial charge in [-0.15, -0.1) is 0 Å². The molecule has 1 aliphatic carbocycles. The minimum Gasteiger partial charge on any atom is -0.544 e. The van der Waals surface area contributed by atoms with Gasteiger partial charge in [-0.2, -0.15) is 0 Å². The van der Waals surface area contributed by atoms with E-state index in [4.69, 9.17) is 0 Å². The van der Waals surface area contributed by atoms with Gasteiger partial charge in [-0.1, -0.05) is 0 Å². The van der Waals surface area contributed by atoms with Crippen molar-refractivity contribution in [2.45, 2.75) is 12.5 Å². The minimum atomic E-state index is -0.875. The van der Waals surface area contributed by atoms with Gasteiger partial charge in [-0.05, 0) is 6.42 Å². The fraction of sp³-hybridized carbons (Fsp3) is 0.833. The molecule has 50 valence electrons. The van der Waals surface area contributed by atoms with Gasteiger partial charge in [0.2, 0.25) is 0 Å². The van der Waals surface area contributed by atoms with Crippen molar-refractivity contribution in [3.05, 3.63) is 0 Å².